The number of cyclic esters (lactones) is 1. The number of benzene rings is 1. The second-order valence-corrected chi connectivity index (χ2v) is 8.95. The van der Waals surface area contributed by atoms with Crippen LogP contribution in [-0.2, 0) is 37.8 Å². The van der Waals surface area contributed by atoms with Crippen LogP contribution in [0.3, 0.4) is 0 Å². The Hall–Kier alpha value is -3.52. The number of carbonyl (C=O) groups is 2. The van der Waals surface area contributed by atoms with E-state index in [2.05, 4.69) is 0 Å². The lowest BCUT2D eigenvalue weighted by Gasteiger charge is -2.36. The molecule has 33 heavy (non-hydrogen) atoms. The highest BCUT2D eigenvalue weighted by Gasteiger charge is 2.51. The molecule has 8 heteroatoms. The van der Waals surface area contributed by atoms with Crippen LogP contribution in [0.15, 0.2) is 41.2 Å². The maximum Gasteiger partial charge on any atom is 0.355 e. The topological polar surface area (TPSA) is 114 Å². The summed E-state index contributed by atoms with van der Waals surface area (Å²) in [6.07, 6.45) is 0.107. The zero-order valence-corrected chi connectivity index (χ0v) is 18.8. The van der Waals surface area contributed by atoms with Crippen LogP contribution in [0.25, 0.3) is 22.3 Å². The minimum atomic E-state index is -1.73. The summed E-state index contributed by atoms with van der Waals surface area (Å²) in [6, 6.07) is 10.6. The molecule has 1 aromatic carbocycles. The summed E-state index contributed by atoms with van der Waals surface area (Å²) in [7, 11) is 0. The van der Waals surface area contributed by atoms with E-state index in [1.807, 2.05) is 30.3 Å². The monoisotopic (exact) mass is 447 g/mol. The number of hydrogen-bond acceptors (Lipinski definition) is 7. The largest absolute Gasteiger partial charge is 0.457 e. The number of para-hydroxylation sites is 1. The van der Waals surface area contributed by atoms with Crippen LogP contribution < -0.4 is 11.3 Å². The second kappa shape index (κ2) is 7.52. The van der Waals surface area contributed by atoms with E-state index < -0.39 is 23.6 Å². The van der Waals surface area contributed by atoms with Gasteiger partial charge in [0.2, 0.25) is 5.60 Å². The Balaban J connectivity index is 1.70. The second-order valence-electron chi connectivity index (χ2n) is 8.95. The molecule has 1 unspecified atom stereocenters. The van der Waals surface area contributed by atoms with E-state index in [9.17, 15) is 14.4 Å². The molecule has 3 aromatic rings. The van der Waals surface area contributed by atoms with Crippen molar-refractivity contribution in [1.82, 2.24) is 9.55 Å². The summed E-state index contributed by atoms with van der Waals surface area (Å²) in [5.74, 6) is -1.59. The van der Waals surface area contributed by atoms with Crippen molar-refractivity contribution < 1.29 is 19.1 Å². The van der Waals surface area contributed by atoms with Gasteiger partial charge in [-0.05, 0) is 30.5 Å². The number of nitrogens with two attached hydrogens (primary N) is 1. The molecule has 170 valence electrons. The number of pyridine rings is 2. The molecule has 0 spiro atoms. The number of carbonyl (C=O) groups excluding carboxylic acids is 2. The normalized spacial score (nSPS) is 19.6. The van der Waals surface area contributed by atoms with Crippen LogP contribution in [-0.4, -0.2) is 27.5 Å². The van der Waals surface area contributed by atoms with Crippen LogP contribution in [0.1, 0.15) is 43.9 Å². The van der Waals surface area contributed by atoms with Gasteiger partial charge in [0, 0.05) is 16.5 Å². The average molecular weight is 447 g/mol. The molecular formula is C25H25N3O5. The molecule has 4 heterocycles. The summed E-state index contributed by atoms with van der Waals surface area (Å²) in [5, 5.41) is 0.986. The molecular weight excluding hydrogens is 422 g/mol. The Morgan fingerprint density at radius 1 is 1.27 bits per heavy atom. The molecule has 0 amide bonds. The van der Waals surface area contributed by atoms with Gasteiger partial charge in [0.25, 0.3) is 5.56 Å². The fourth-order valence-corrected chi connectivity index (χ4v) is 4.59. The maximum atomic E-state index is 13.5. The molecule has 5 rings (SSSR count). The predicted octanol–water partition coefficient (Wildman–Crippen LogP) is 2.61. The van der Waals surface area contributed by atoms with Gasteiger partial charge in [-0.3, -0.25) is 9.59 Å². The third-order valence-electron chi connectivity index (χ3n) is 6.65. The number of fused-ring (bicyclic) bond motifs is 5. The smallest absolute Gasteiger partial charge is 0.355 e. The van der Waals surface area contributed by atoms with E-state index in [4.69, 9.17) is 20.2 Å². The molecule has 8 nitrogen and oxygen atoms in total. The molecule has 2 aromatic heterocycles. The van der Waals surface area contributed by atoms with Crippen molar-refractivity contribution in [3.05, 3.63) is 63.4 Å². The van der Waals surface area contributed by atoms with Crippen molar-refractivity contribution in [1.29, 1.82) is 0 Å². The Bertz CT molecular complexity index is 1380. The van der Waals surface area contributed by atoms with Gasteiger partial charge in [-0.15, -0.1) is 0 Å². The Labute approximate surface area is 190 Å². The molecule has 0 saturated heterocycles. The first-order valence-corrected chi connectivity index (χ1v) is 11.1. The van der Waals surface area contributed by atoms with E-state index in [0.717, 1.165) is 16.5 Å². The lowest BCUT2D eigenvalue weighted by molar-refractivity contribution is -0.190. The third kappa shape index (κ3) is 3.08. The van der Waals surface area contributed by atoms with Crippen molar-refractivity contribution in [3.8, 4) is 11.4 Å². The van der Waals surface area contributed by atoms with Crippen molar-refractivity contribution in [2.45, 2.75) is 52.0 Å². The van der Waals surface area contributed by atoms with Gasteiger partial charge < -0.3 is 19.8 Å². The molecule has 0 radical (unpaired) electrons. The molecule has 0 fully saturated rings. The SMILES string of the molecule is CCC1(OC(=O)[C@@H](N)C(C)C)C(=O)OCc2c1cc1n(c2=O)Cc2cc3ccccc3nc2-1. The fraction of sp³-hybridized carbons (Fsp3) is 0.360. The quantitative estimate of drug-likeness (QED) is 0.478. The molecule has 2 N–H and O–H groups in total. The van der Waals surface area contributed by atoms with Crippen LogP contribution in [0.5, 0.6) is 0 Å². The van der Waals surface area contributed by atoms with Crippen LogP contribution in [0.2, 0.25) is 0 Å². The number of aromatic nitrogens is 2. The van der Waals surface area contributed by atoms with Crippen molar-refractivity contribution in [2.24, 2.45) is 11.7 Å². The highest BCUT2D eigenvalue weighted by atomic mass is 16.6. The Morgan fingerprint density at radius 3 is 2.76 bits per heavy atom. The van der Waals surface area contributed by atoms with E-state index in [1.54, 1.807) is 31.4 Å². The van der Waals surface area contributed by atoms with Gasteiger partial charge >= 0.3 is 11.9 Å². The molecule has 0 aliphatic carbocycles. The predicted molar refractivity (Wildman–Crippen MR) is 121 cm³/mol. The highest BCUT2D eigenvalue weighted by Crippen LogP contribution is 2.41. The lowest BCUT2D eigenvalue weighted by Crippen LogP contribution is -2.50. The summed E-state index contributed by atoms with van der Waals surface area (Å²) in [5.41, 5.74) is 7.65. The first-order chi connectivity index (χ1) is 15.8. The van der Waals surface area contributed by atoms with E-state index in [1.165, 1.54) is 0 Å². The van der Waals surface area contributed by atoms with Crippen LogP contribution >= 0.6 is 0 Å². The first-order valence-electron chi connectivity index (χ1n) is 11.1. The maximum absolute atomic E-state index is 13.5. The highest BCUT2D eigenvalue weighted by molar-refractivity contribution is 5.89. The summed E-state index contributed by atoms with van der Waals surface area (Å²) >= 11 is 0. The van der Waals surface area contributed by atoms with Crippen LogP contribution in [0.4, 0.5) is 0 Å². The molecule has 2 aliphatic heterocycles. The average Bonchev–Trinajstić information content (AvgIpc) is 3.16. The zero-order chi connectivity index (χ0) is 23.5. The summed E-state index contributed by atoms with van der Waals surface area (Å²) < 4.78 is 12.7. The van der Waals surface area contributed by atoms with Crippen molar-refractivity contribution in [3.63, 3.8) is 0 Å². The zero-order valence-electron chi connectivity index (χ0n) is 18.8. The van der Waals surface area contributed by atoms with Gasteiger partial charge in [0.15, 0.2) is 0 Å². The molecule has 2 atom stereocenters. The summed E-state index contributed by atoms with van der Waals surface area (Å²) in [4.78, 5) is 44.1. The standard InChI is InChI=1S/C25H25N3O5/c1-4-25(33-23(30)20(26)13(2)3)17-10-19-21-15(9-14-7-5-6-8-18(14)27-21)11-28(19)22(29)16(17)12-32-24(25)31/h5-10,13,20H,4,11-12,26H2,1-3H3/t20-,25?/m0/s1. The van der Waals surface area contributed by atoms with Crippen LogP contribution in [0, 0.1) is 5.92 Å². The van der Waals surface area contributed by atoms with E-state index in [-0.39, 0.29) is 24.5 Å². The number of hydrogen-bond donors (Lipinski definition) is 1. The van der Waals surface area contributed by atoms with Gasteiger partial charge in [-0.25, -0.2) is 9.78 Å². The Morgan fingerprint density at radius 2 is 2.03 bits per heavy atom. The fourth-order valence-electron chi connectivity index (χ4n) is 4.59. The minimum absolute atomic E-state index is 0.107. The van der Waals surface area contributed by atoms with E-state index >= 15 is 0 Å². The minimum Gasteiger partial charge on any atom is -0.457 e. The molecule has 2 aliphatic rings. The number of rotatable bonds is 4. The molecule has 0 bridgehead atoms. The van der Waals surface area contributed by atoms with Gasteiger partial charge in [-0.1, -0.05) is 39.0 Å². The first kappa shape index (κ1) is 21.3. The molecule has 0 saturated carbocycles. The number of nitrogens with zero attached hydrogens (tertiary/aromatic N) is 2. The number of esters is 2. The van der Waals surface area contributed by atoms with Gasteiger partial charge in [0.05, 0.1) is 29.0 Å². The lowest BCUT2D eigenvalue weighted by atomic mass is 9.85. The van der Waals surface area contributed by atoms with Crippen molar-refractivity contribution >= 4 is 22.8 Å². The Kier molecular flexibility index (Phi) is 4.86. The van der Waals surface area contributed by atoms with Gasteiger partial charge in [0.1, 0.15) is 12.6 Å². The van der Waals surface area contributed by atoms with Gasteiger partial charge in [-0.2, -0.15) is 0 Å². The third-order valence-corrected chi connectivity index (χ3v) is 6.65. The summed E-state index contributed by atoms with van der Waals surface area (Å²) in [6.45, 7) is 5.51. The van der Waals surface area contributed by atoms with E-state index in [0.29, 0.717) is 29.1 Å². The van der Waals surface area contributed by atoms with Crippen molar-refractivity contribution in [2.75, 3.05) is 0 Å². The number of ether oxygens (including phenoxy) is 2.